The Labute approximate surface area is 220 Å². The summed E-state index contributed by atoms with van der Waals surface area (Å²) in [5, 5.41) is 3.07. The third kappa shape index (κ3) is 4.52. The van der Waals surface area contributed by atoms with Gasteiger partial charge in [-0.2, -0.15) is 0 Å². The Morgan fingerprint density at radius 2 is 0.833 bits per heavy atom. The summed E-state index contributed by atoms with van der Waals surface area (Å²) in [7, 11) is -2.70. The average molecular weight is 563 g/mol. The number of rotatable bonds is 6. The number of halogens is 4. The predicted octanol–water partition coefficient (Wildman–Crippen LogP) is 4.19. The second kappa shape index (κ2) is 11.2. The van der Waals surface area contributed by atoms with Crippen molar-refractivity contribution in [3.05, 3.63) is 162 Å². The molecule has 0 N–H and O–H groups in total. The molecule has 0 saturated heterocycles. The van der Waals surface area contributed by atoms with Crippen molar-refractivity contribution < 1.29 is 30.2 Å². The first-order valence-corrected chi connectivity index (χ1v) is 13.2. The molecule has 0 fully saturated rings. The first kappa shape index (κ1) is 25.9. The van der Waals surface area contributed by atoms with E-state index >= 15 is 4.39 Å². The molecular weight excluding hydrogens is 540 g/mol. The fourth-order valence-corrected chi connectivity index (χ4v) is 9.84. The van der Waals surface area contributed by atoms with Gasteiger partial charge < -0.3 is 17.0 Å². The molecule has 5 aromatic rings. The van der Waals surface area contributed by atoms with Crippen molar-refractivity contribution in [3.8, 4) is 0 Å². The fourth-order valence-electron chi connectivity index (χ4n) is 4.88. The topological polar surface area (TPSA) is 0 Å². The smallest absolute Gasteiger partial charge is 0.194 e. The van der Waals surface area contributed by atoms with Crippen molar-refractivity contribution in [2.45, 2.75) is 5.66 Å². The normalized spacial score (nSPS) is 12.0. The molecule has 5 heteroatoms. The van der Waals surface area contributed by atoms with Crippen molar-refractivity contribution in [2.24, 2.45) is 0 Å². The number of benzene rings is 5. The van der Waals surface area contributed by atoms with Crippen LogP contribution < -0.4 is 32.9 Å². The van der Waals surface area contributed by atoms with Crippen LogP contribution in [0.5, 0.6) is 0 Å². The van der Waals surface area contributed by atoms with Gasteiger partial charge in [0.15, 0.2) is 17.5 Å². The minimum Gasteiger partial charge on any atom is -1.00 e. The molecule has 0 radical (unpaired) electrons. The van der Waals surface area contributed by atoms with Crippen LogP contribution in [-0.4, -0.2) is 0 Å². The Balaban J connectivity index is 0.00000304. The molecule has 1 unspecified atom stereocenters. The molecule has 0 bridgehead atoms. The zero-order valence-electron chi connectivity index (χ0n) is 19.2. The maximum Gasteiger partial charge on any atom is 0.194 e. The molecule has 180 valence electrons. The molecular formula is C31H23BrF3P. The van der Waals surface area contributed by atoms with Gasteiger partial charge in [-0.3, -0.25) is 0 Å². The number of hydrogen-bond donors (Lipinski definition) is 0. The van der Waals surface area contributed by atoms with E-state index in [4.69, 9.17) is 0 Å². The van der Waals surface area contributed by atoms with Crippen LogP contribution in [0.4, 0.5) is 13.2 Å². The van der Waals surface area contributed by atoms with E-state index in [1.54, 1.807) is 0 Å². The van der Waals surface area contributed by atoms with E-state index in [9.17, 15) is 8.78 Å². The average Bonchev–Trinajstić information content (AvgIpc) is 2.93. The van der Waals surface area contributed by atoms with Gasteiger partial charge in [-0.05, 0) is 54.1 Å². The SMILES string of the molecule is Fc1ccc(C(c2ccccc2)[P+](c2ccccc2)(c2ccccc2)c2ccccc2)c(F)c1F.[Br-]. The summed E-state index contributed by atoms with van der Waals surface area (Å²) >= 11 is 0. The molecule has 5 rings (SSSR count). The van der Waals surface area contributed by atoms with Crippen LogP contribution in [0.2, 0.25) is 0 Å². The number of hydrogen-bond acceptors (Lipinski definition) is 0. The first-order chi connectivity index (χ1) is 17.1. The van der Waals surface area contributed by atoms with E-state index in [0.29, 0.717) is 0 Å². The van der Waals surface area contributed by atoms with Crippen LogP contribution in [0.15, 0.2) is 133 Å². The highest BCUT2D eigenvalue weighted by molar-refractivity contribution is 7.96. The molecule has 1 atom stereocenters. The highest BCUT2D eigenvalue weighted by Gasteiger charge is 2.54. The van der Waals surface area contributed by atoms with Gasteiger partial charge in [-0.1, -0.05) is 84.9 Å². The van der Waals surface area contributed by atoms with E-state index in [1.165, 1.54) is 6.07 Å². The predicted molar refractivity (Wildman–Crippen MR) is 140 cm³/mol. The fraction of sp³-hybridized carbons (Fsp3) is 0.0323. The zero-order chi connectivity index (χ0) is 24.3. The second-order valence-corrected chi connectivity index (χ2v) is 11.8. The molecule has 0 aliphatic rings. The molecule has 0 aliphatic carbocycles. The monoisotopic (exact) mass is 562 g/mol. The highest BCUT2D eigenvalue weighted by atomic mass is 79.9. The molecule has 5 aromatic carbocycles. The lowest BCUT2D eigenvalue weighted by Gasteiger charge is -2.35. The van der Waals surface area contributed by atoms with Crippen molar-refractivity contribution in [1.82, 2.24) is 0 Å². The van der Waals surface area contributed by atoms with E-state index in [1.807, 2.05) is 84.9 Å². The Hall–Kier alpha value is -3.20. The summed E-state index contributed by atoms with van der Waals surface area (Å²) in [6.07, 6.45) is 0. The summed E-state index contributed by atoms with van der Waals surface area (Å²) in [6, 6.07) is 42.0. The van der Waals surface area contributed by atoms with Gasteiger partial charge in [-0.25, -0.2) is 13.2 Å². The molecule has 0 nitrogen and oxygen atoms in total. The zero-order valence-corrected chi connectivity index (χ0v) is 21.7. The van der Waals surface area contributed by atoms with Crippen molar-refractivity contribution in [1.29, 1.82) is 0 Å². The maximum atomic E-state index is 15.7. The van der Waals surface area contributed by atoms with E-state index in [0.717, 1.165) is 27.5 Å². The quantitative estimate of drug-likeness (QED) is 0.215. The third-order valence-corrected chi connectivity index (χ3v) is 11.0. The Morgan fingerprint density at radius 3 is 1.25 bits per heavy atom. The van der Waals surface area contributed by atoms with Gasteiger partial charge in [0.1, 0.15) is 28.8 Å². The highest BCUT2D eigenvalue weighted by Crippen LogP contribution is 2.69. The van der Waals surface area contributed by atoms with Crippen molar-refractivity contribution in [3.63, 3.8) is 0 Å². The molecule has 0 aliphatic heterocycles. The standard InChI is InChI=1S/C31H23F3P.BrH/c32-28-22-21-27(29(33)30(28)34)31(23-13-5-1-6-14-23)35(24-15-7-2-8-16-24,25-17-9-3-10-18-25)26-19-11-4-12-20-26;/h1-22,31H;1H/q+1;/p-1. The molecule has 0 spiro atoms. The van der Waals surface area contributed by atoms with Gasteiger partial charge in [0, 0.05) is 5.56 Å². The van der Waals surface area contributed by atoms with Crippen LogP contribution in [0, 0.1) is 17.5 Å². The molecule has 0 amide bonds. The molecule has 0 aromatic heterocycles. The van der Waals surface area contributed by atoms with E-state index in [-0.39, 0.29) is 22.5 Å². The van der Waals surface area contributed by atoms with Gasteiger partial charge in [0.2, 0.25) is 0 Å². The second-order valence-electron chi connectivity index (χ2n) is 8.31. The van der Waals surface area contributed by atoms with Crippen LogP contribution in [0.1, 0.15) is 16.8 Å². The summed E-state index contributed by atoms with van der Waals surface area (Å²) < 4.78 is 44.5. The summed E-state index contributed by atoms with van der Waals surface area (Å²) in [4.78, 5) is 0. The van der Waals surface area contributed by atoms with Gasteiger partial charge >= 0.3 is 0 Å². The summed E-state index contributed by atoms with van der Waals surface area (Å²) in [5.74, 6) is -3.79. The van der Waals surface area contributed by atoms with Crippen LogP contribution in [0.3, 0.4) is 0 Å². The van der Waals surface area contributed by atoms with Gasteiger partial charge in [-0.15, -0.1) is 0 Å². The molecule has 0 saturated carbocycles. The van der Waals surface area contributed by atoms with E-state index in [2.05, 4.69) is 36.4 Å². The van der Waals surface area contributed by atoms with Crippen LogP contribution in [-0.2, 0) is 0 Å². The Bertz CT molecular complexity index is 1320. The lowest BCUT2D eigenvalue weighted by atomic mass is 10.0. The van der Waals surface area contributed by atoms with E-state index < -0.39 is 30.4 Å². The minimum atomic E-state index is -2.70. The lowest BCUT2D eigenvalue weighted by molar-refractivity contribution is -0.00000826. The third-order valence-electron chi connectivity index (χ3n) is 6.35. The maximum absolute atomic E-state index is 15.7. The minimum absolute atomic E-state index is 0. The Morgan fingerprint density at radius 1 is 0.444 bits per heavy atom. The van der Waals surface area contributed by atoms with Crippen molar-refractivity contribution in [2.75, 3.05) is 0 Å². The largest absolute Gasteiger partial charge is 1.00 e. The molecule has 0 heterocycles. The summed E-state index contributed by atoms with van der Waals surface area (Å²) in [5.41, 5.74) is 0.383. The Kier molecular flexibility index (Phi) is 8.08. The van der Waals surface area contributed by atoms with Gasteiger partial charge in [0.25, 0.3) is 0 Å². The van der Waals surface area contributed by atoms with Crippen LogP contribution in [0.25, 0.3) is 0 Å². The van der Waals surface area contributed by atoms with Crippen molar-refractivity contribution >= 4 is 23.2 Å². The lowest BCUT2D eigenvalue weighted by Crippen LogP contribution is -3.00. The first-order valence-electron chi connectivity index (χ1n) is 11.4. The van der Waals surface area contributed by atoms with Gasteiger partial charge in [0.05, 0.1) is 0 Å². The summed E-state index contributed by atoms with van der Waals surface area (Å²) in [6.45, 7) is 0. The van der Waals surface area contributed by atoms with Crippen LogP contribution >= 0.6 is 7.26 Å². The molecule has 36 heavy (non-hydrogen) atoms.